The summed E-state index contributed by atoms with van der Waals surface area (Å²) in [6, 6.07) is 13.4. The third-order valence-corrected chi connectivity index (χ3v) is 2.61. The summed E-state index contributed by atoms with van der Waals surface area (Å²) in [5.41, 5.74) is 1.53. The number of aliphatic hydroxyl groups excluding tert-OH is 1. The molecule has 0 spiro atoms. The molecule has 0 bridgehead atoms. The Morgan fingerprint density at radius 3 is 2.58 bits per heavy atom. The zero-order chi connectivity index (χ0) is 13.7. The average Bonchev–Trinajstić information content (AvgIpc) is 2.45. The summed E-state index contributed by atoms with van der Waals surface area (Å²) >= 11 is 0. The fourth-order valence-electron chi connectivity index (χ4n) is 1.66. The highest BCUT2D eigenvalue weighted by atomic mass is 16.6. The molecule has 0 aliphatic carbocycles. The molecule has 2 aromatic rings. The van der Waals surface area contributed by atoms with Crippen molar-refractivity contribution in [3.05, 3.63) is 69.8 Å². The zero-order valence-corrected chi connectivity index (χ0v) is 10.2. The predicted molar refractivity (Wildman–Crippen MR) is 69.8 cm³/mol. The molecule has 19 heavy (non-hydrogen) atoms. The first-order valence-corrected chi connectivity index (χ1v) is 5.75. The molecular formula is C14H13NO4. The summed E-state index contributed by atoms with van der Waals surface area (Å²) in [5, 5.41) is 19.7. The largest absolute Gasteiger partial charge is 0.489 e. The van der Waals surface area contributed by atoms with E-state index in [1.165, 1.54) is 12.1 Å². The lowest BCUT2D eigenvalue weighted by Crippen LogP contribution is -1.97. The van der Waals surface area contributed by atoms with Gasteiger partial charge in [-0.2, -0.15) is 0 Å². The maximum absolute atomic E-state index is 10.6. The van der Waals surface area contributed by atoms with Crippen LogP contribution < -0.4 is 4.74 Å². The van der Waals surface area contributed by atoms with Crippen molar-refractivity contribution in [3.8, 4) is 5.75 Å². The molecule has 5 heteroatoms. The summed E-state index contributed by atoms with van der Waals surface area (Å²) in [6.07, 6.45) is 0. The van der Waals surface area contributed by atoms with E-state index in [9.17, 15) is 10.1 Å². The lowest BCUT2D eigenvalue weighted by Gasteiger charge is -2.07. The summed E-state index contributed by atoms with van der Waals surface area (Å²) in [7, 11) is 0. The molecule has 0 aromatic heterocycles. The second-order valence-electron chi connectivity index (χ2n) is 4.02. The molecule has 0 atom stereocenters. The molecule has 0 unspecified atom stereocenters. The molecule has 2 rings (SSSR count). The quantitative estimate of drug-likeness (QED) is 0.661. The SMILES string of the molecule is O=[N+]([O-])c1cccc(COc2cccc(CO)c2)c1. The highest BCUT2D eigenvalue weighted by Gasteiger charge is 2.06. The number of rotatable bonds is 5. The summed E-state index contributed by atoms with van der Waals surface area (Å²) in [4.78, 5) is 10.2. The van der Waals surface area contributed by atoms with E-state index in [4.69, 9.17) is 9.84 Å². The molecule has 1 N–H and O–H groups in total. The molecule has 2 aromatic carbocycles. The van der Waals surface area contributed by atoms with Crippen molar-refractivity contribution < 1.29 is 14.8 Å². The van der Waals surface area contributed by atoms with Crippen LogP contribution in [0.1, 0.15) is 11.1 Å². The van der Waals surface area contributed by atoms with Crippen LogP contribution >= 0.6 is 0 Å². The van der Waals surface area contributed by atoms with E-state index < -0.39 is 4.92 Å². The van der Waals surface area contributed by atoms with Gasteiger partial charge in [-0.05, 0) is 23.3 Å². The third kappa shape index (κ3) is 3.53. The fraction of sp³-hybridized carbons (Fsp3) is 0.143. The molecule has 0 aliphatic heterocycles. The van der Waals surface area contributed by atoms with Gasteiger partial charge in [-0.25, -0.2) is 0 Å². The first kappa shape index (κ1) is 13.0. The smallest absolute Gasteiger partial charge is 0.269 e. The summed E-state index contributed by atoms with van der Waals surface area (Å²) in [5.74, 6) is 0.623. The van der Waals surface area contributed by atoms with Crippen molar-refractivity contribution in [2.45, 2.75) is 13.2 Å². The number of non-ortho nitro benzene ring substituents is 1. The molecular weight excluding hydrogens is 246 g/mol. The number of nitro groups is 1. The number of nitrogens with zero attached hydrogens (tertiary/aromatic N) is 1. The van der Waals surface area contributed by atoms with Gasteiger partial charge in [0.2, 0.25) is 0 Å². The zero-order valence-electron chi connectivity index (χ0n) is 10.2. The molecule has 0 aliphatic rings. The summed E-state index contributed by atoms with van der Waals surface area (Å²) < 4.78 is 5.54. The van der Waals surface area contributed by atoms with Gasteiger partial charge in [0.15, 0.2) is 0 Å². The lowest BCUT2D eigenvalue weighted by molar-refractivity contribution is -0.384. The second kappa shape index (κ2) is 5.97. The van der Waals surface area contributed by atoms with Gasteiger partial charge in [0, 0.05) is 12.1 Å². The van der Waals surface area contributed by atoms with Gasteiger partial charge in [-0.15, -0.1) is 0 Å². The second-order valence-corrected chi connectivity index (χ2v) is 4.02. The molecule has 0 radical (unpaired) electrons. The normalized spacial score (nSPS) is 10.2. The van der Waals surface area contributed by atoms with Crippen LogP contribution in [0.25, 0.3) is 0 Å². The Bertz CT molecular complexity index is 583. The molecule has 0 saturated carbocycles. The van der Waals surface area contributed by atoms with Crippen LogP contribution in [0.2, 0.25) is 0 Å². The molecule has 0 saturated heterocycles. The average molecular weight is 259 g/mol. The fourth-order valence-corrected chi connectivity index (χ4v) is 1.66. The molecule has 98 valence electrons. The van der Waals surface area contributed by atoms with Crippen molar-refractivity contribution in [1.82, 2.24) is 0 Å². The van der Waals surface area contributed by atoms with Crippen LogP contribution in [0.3, 0.4) is 0 Å². The summed E-state index contributed by atoms with van der Waals surface area (Å²) in [6.45, 7) is 0.199. The Morgan fingerprint density at radius 2 is 1.84 bits per heavy atom. The van der Waals surface area contributed by atoms with Crippen LogP contribution in [-0.4, -0.2) is 10.0 Å². The molecule has 0 amide bonds. The number of benzene rings is 2. The van der Waals surface area contributed by atoms with Gasteiger partial charge < -0.3 is 9.84 Å². The topological polar surface area (TPSA) is 72.6 Å². The third-order valence-electron chi connectivity index (χ3n) is 2.61. The van der Waals surface area contributed by atoms with E-state index in [1.54, 1.807) is 36.4 Å². The minimum atomic E-state index is -0.435. The van der Waals surface area contributed by atoms with Crippen molar-refractivity contribution in [2.75, 3.05) is 0 Å². The lowest BCUT2D eigenvalue weighted by atomic mass is 10.2. The van der Waals surface area contributed by atoms with Crippen molar-refractivity contribution in [1.29, 1.82) is 0 Å². The van der Waals surface area contributed by atoms with Crippen LogP contribution in [0.15, 0.2) is 48.5 Å². The monoisotopic (exact) mass is 259 g/mol. The van der Waals surface area contributed by atoms with Crippen molar-refractivity contribution >= 4 is 5.69 Å². The van der Waals surface area contributed by atoms with E-state index in [1.807, 2.05) is 0 Å². The van der Waals surface area contributed by atoms with E-state index in [-0.39, 0.29) is 18.9 Å². The molecule has 5 nitrogen and oxygen atoms in total. The van der Waals surface area contributed by atoms with Gasteiger partial charge in [-0.3, -0.25) is 10.1 Å². The number of ether oxygens (including phenoxy) is 1. The number of aliphatic hydroxyl groups is 1. The van der Waals surface area contributed by atoms with Crippen LogP contribution in [0.4, 0.5) is 5.69 Å². The van der Waals surface area contributed by atoms with E-state index in [0.717, 1.165) is 11.1 Å². The predicted octanol–water partition coefficient (Wildman–Crippen LogP) is 2.67. The standard InChI is InChI=1S/C14H13NO4/c16-9-11-3-2-6-14(8-11)19-10-12-4-1-5-13(7-12)15(17)18/h1-8,16H,9-10H2. The Kier molecular flexibility index (Phi) is 4.10. The first-order chi connectivity index (χ1) is 9.19. The van der Waals surface area contributed by atoms with Crippen LogP contribution in [0.5, 0.6) is 5.75 Å². The van der Waals surface area contributed by atoms with E-state index >= 15 is 0 Å². The van der Waals surface area contributed by atoms with E-state index in [2.05, 4.69) is 0 Å². The van der Waals surface area contributed by atoms with Crippen LogP contribution in [0, 0.1) is 10.1 Å². The Morgan fingerprint density at radius 1 is 1.11 bits per heavy atom. The Hall–Kier alpha value is -2.40. The number of hydrogen-bond acceptors (Lipinski definition) is 4. The van der Waals surface area contributed by atoms with Crippen molar-refractivity contribution in [2.24, 2.45) is 0 Å². The van der Waals surface area contributed by atoms with Crippen LogP contribution in [-0.2, 0) is 13.2 Å². The first-order valence-electron chi connectivity index (χ1n) is 5.75. The van der Waals surface area contributed by atoms with Gasteiger partial charge in [0.25, 0.3) is 5.69 Å². The van der Waals surface area contributed by atoms with Gasteiger partial charge in [0.05, 0.1) is 11.5 Å². The van der Waals surface area contributed by atoms with Crippen molar-refractivity contribution in [3.63, 3.8) is 0 Å². The van der Waals surface area contributed by atoms with Gasteiger partial charge in [-0.1, -0.05) is 24.3 Å². The minimum absolute atomic E-state index is 0.0465. The van der Waals surface area contributed by atoms with Gasteiger partial charge in [0.1, 0.15) is 12.4 Å². The maximum atomic E-state index is 10.6. The highest BCUT2D eigenvalue weighted by molar-refractivity contribution is 5.34. The van der Waals surface area contributed by atoms with E-state index in [0.29, 0.717) is 5.75 Å². The molecule has 0 heterocycles. The minimum Gasteiger partial charge on any atom is -0.489 e. The number of hydrogen-bond donors (Lipinski definition) is 1. The molecule has 0 fully saturated rings. The maximum Gasteiger partial charge on any atom is 0.269 e. The Balaban J connectivity index is 2.05. The van der Waals surface area contributed by atoms with Gasteiger partial charge >= 0.3 is 0 Å². The highest BCUT2D eigenvalue weighted by Crippen LogP contribution is 2.17. The number of nitro benzene ring substituents is 1. The Labute approximate surface area is 110 Å².